The van der Waals surface area contributed by atoms with Crippen molar-refractivity contribution in [2.24, 2.45) is 5.92 Å². The van der Waals surface area contributed by atoms with E-state index in [1.54, 1.807) is 0 Å². The zero-order valence-electron chi connectivity index (χ0n) is 8.68. The second-order valence-electron chi connectivity index (χ2n) is 5.00. The quantitative estimate of drug-likeness (QED) is 0.615. The van der Waals surface area contributed by atoms with Crippen molar-refractivity contribution in [1.29, 1.82) is 0 Å². The molecule has 0 aromatic rings. The zero-order chi connectivity index (χ0) is 9.47. The van der Waals surface area contributed by atoms with E-state index in [0.717, 1.165) is 12.8 Å². The molecule has 0 radical (unpaired) electrons. The number of carbonyl (C=O) groups is 1. The van der Waals surface area contributed by atoms with Crippen LogP contribution in [0.2, 0.25) is 0 Å². The van der Waals surface area contributed by atoms with Crippen LogP contribution in [0.1, 0.15) is 38.5 Å². The monoisotopic (exact) mass is 181 g/mol. The summed E-state index contributed by atoms with van der Waals surface area (Å²) in [6.45, 7) is 0. The van der Waals surface area contributed by atoms with E-state index in [0.29, 0.717) is 11.7 Å². The Morgan fingerprint density at radius 3 is 2.92 bits per heavy atom. The summed E-state index contributed by atoms with van der Waals surface area (Å²) in [7, 11) is 4.25. The molecule has 2 aliphatic rings. The molecule has 0 aromatic heterocycles. The van der Waals surface area contributed by atoms with Gasteiger partial charge in [-0.05, 0) is 39.3 Å². The molecule has 2 aliphatic carbocycles. The van der Waals surface area contributed by atoms with Gasteiger partial charge in [-0.2, -0.15) is 0 Å². The lowest BCUT2D eigenvalue weighted by atomic mass is 9.66. The second kappa shape index (κ2) is 3.09. The summed E-state index contributed by atoms with van der Waals surface area (Å²) in [5, 5.41) is 0. The molecule has 2 atom stereocenters. The van der Waals surface area contributed by atoms with E-state index in [-0.39, 0.29) is 5.54 Å². The van der Waals surface area contributed by atoms with E-state index in [2.05, 4.69) is 19.0 Å². The minimum Gasteiger partial charge on any atom is -0.303 e. The van der Waals surface area contributed by atoms with Crippen LogP contribution >= 0.6 is 0 Å². The highest BCUT2D eigenvalue weighted by molar-refractivity contribution is 5.81. The maximum absolute atomic E-state index is 11.6. The van der Waals surface area contributed by atoms with Crippen LogP contribution in [0.25, 0.3) is 0 Å². The van der Waals surface area contributed by atoms with E-state index in [1.807, 2.05) is 0 Å². The predicted octanol–water partition coefficient (Wildman–Crippen LogP) is 1.84. The zero-order valence-corrected chi connectivity index (χ0v) is 8.68. The summed E-state index contributed by atoms with van der Waals surface area (Å²) < 4.78 is 0. The van der Waals surface area contributed by atoms with Gasteiger partial charge in [0.1, 0.15) is 5.78 Å². The molecule has 0 heterocycles. The Labute approximate surface area is 80.3 Å². The maximum Gasteiger partial charge on any atom is 0.135 e. The van der Waals surface area contributed by atoms with E-state index >= 15 is 0 Å². The van der Waals surface area contributed by atoms with E-state index < -0.39 is 0 Å². The van der Waals surface area contributed by atoms with Crippen molar-refractivity contribution < 1.29 is 4.79 Å². The van der Waals surface area contributed by atoms with Crippen LogP contribution in [0.5, 0.6) is 0 Å². The normalized spacial score (nSPS) is 39.6. The van der Waals surface area contributed by atoms with E-state index in [9.17, 15) is 4.79 Å². The smallest absolute Gasteiger partial charge is 0.135 e. The molecule has 0 aliphatic heterocycles. The van der Waals surface area contributed by atoms with Crippen LogP contribution in [0.15, 0.2) is 0 Å². The molecule has 13 heavy (non-hydrogen) atoms. The van der Waals surface area contributed by atoms with Crippen LogP contribution in [0.3, 0.4) is 0 Å². The number of Topliss-reactive ketones (excluding diaryl/α,β-unsaturated/α-hetero) is 1. The standard InChI is InChI=1S/C11H19NO/c1-12(2)11-5-3-4-9(7-11)6-10(13)8-11/h9H,3-8H2,1-2H3. The van der Waals surface area contributed by atoms with Gasteiger partial charge in [-0.25, -0.2) is 0 Å². The van der Waals surface area contributed by atoms with Gasteiger partial charge in [0.05, 0.1) is 0 Å². The lowest BCUT2D eigenvalue weighted by Gasteiger charge is -2.48. The van der Waals surface area contributed by atoms with Crippen LogP contribution in [-0.2, 0) is 4.79 Å². The highest BCUT2D eigenvalue weighted by Gasteiger charge is 2.43. The number of carbonyl (C=O) groups excluding carboxylic acids is 1. The van der Waals surface area contributed by atoms with E-state index in [1.165, 1.54) is 25.7 Å². The van der Waals surface area contributed by atoms with Gasteiger partial charge in [-0.3, -0.25) is 4.79 Å². The van der Waals surface area contributed by atoms with Gasteiger partial charge in [0, 0.05) is 18.4 Å². The van der Waals surface area contributed by atoms with Gasteiger partial charge in [0.15, 0.2) is 0 Å². The first-order chi connectivity index (χ1) is 6.12. The summed E-state index contributed by atoms with van der Waals surface area (Å²) in [6.07, 6.45) is 6.73. The topological polar surface area (TPSA) is 20.3 Å². The summed E-state index contributed by atoms with van der Waals surface area (Å²) in [4.78, 5) is 13.8. The van der Waals surface area contributed by atoms with Crippen LogP contribution < -0.4 is 0 Å². The molecule has 2 fully saturated rings. The highest BCUT2D eigenvalue weighted by atomic mass is 16.1. The molecule has 0 N–H and O–H groups in total. The van der Waals surface area contributed by atoms with Crippen molar-refractivity contribution in [2.75, 3.05) is 14.1 Å². The van der Waals surface area contributed by atoms with Gasteiger partial charge < -0.3 is 4.90 Å². The van der Waals surface area contributed by atoms with Crippen LogP contribution in [0.4, 0.5) is 0 Å². The Morgan fingerprint density at radius 2 is 2.23 bits per heavy atom. The molecule has 0 spiro atoms. The molecular formula is C11H19NO. The third kappa shape index (κ3) is 1.52. The fraction of sp³-hybridized carbons (Fsp3) is 0.909. The molecular weight excluding hydrogens is 162 g/mol. The maximum atomic E-state index is 11.6. The molecule has 2 heteroatoms. The number of hydrogen-bond acceptors (Lipinski definition) is 2. The van der Waals surface area contributed by atoms with Gasteiger partial charge in [-0.1, -0.05) is 6.42 Å². The Hall–Kier alpha value is -0.370. The van der Waals surface area contributed by atoms with Gasteiger partial charge >= 0.3 is 0 Å². The van der Waals surface area contributed by atoms with Gasteiger partial charge in [0.25, 0.3) is 0 Å². The second-order valence-corrected chi connectivity index (χ2v) is 5.00. The fourth-order valence-corrected chi connectivity index (χ4v) is 3.12. The van der Waals surface area contributed by atoms with Crippen LogP contribution in [-0.4, -0.2) is 30.3 Å². The van der Waals surface area contributed by atoms with Crippen molar-refractivity contribution in [1.82, 2.24) is 4.90 Å². The molecule has 0 aromatic carbocycles. The minimum absolute atomic E-state index is 0.234. The third-order valence-corrected chi connectivity index (χ3v) is 3.91. The molecule has 74 valence electrons. The molecule has 0 saturated heterocycles. The average molecular weight is 181 g/mol. The molecule has 2 unspecified atom stereocenters. The molecule has 2 bridgehead atoms. The number of ketones is 1. The molecule has 2 nitrogen and oxygen atoms in total. The molecule has 0 amide bonds. The average Bonchev–Trinajstić information content (AvgIpc) is 2.02. The third-order valence-electron chi connectivity index (χ3n) is 3.91. The lowest BCUT2D eigenvalue weighted by molar-refractivity contribution is -0.128. The Bertz CT molecular complexity index is 224. The SMILES string of the molecule is CN(C)C12CCCC(CC(=O)C1)C2. The van der Waals surface area contributed by atoms with E-state index in [4.69, 9.17) is 0 Å². The Morgan fingerprint density at radius 1 is 1.46 bits per heavy atom. The summed E-state index contributed by atoms with van der Waals surface area (Å²) in [5.41, 5.74) is 0.234. The summed E-state index contributed by atoms with van der Waals surface area (Å²) >= 11 is 0. The highest BCUT2D eigenvalue weighted by Crippen LogP contribution is 2.43. The summed E-state index contributed by atoms with van der Waals surface area (Å²) in [6, 6.07) is 0. The predicted molar refractivity (Wildman–Crippen MR) is 52.6 cm³/mol. The number of nitrogens with zero attached hydrogens (tertiary/aromatic N) is 1. The number of rotatable bonds is 1. The number of hydrogen-bond donors (Lipinski definition) is 0. The van der Waals surface area contributed by atoms with Crippen molar-refractivity contribution in [3.8, 4) is 0 Å². The first-order valence-corrected chi connectivity index (χ1v) is 5.31. The Kier molecular flexibility index (Phi) is 2.18. The van der Waals surface area contributed by atoms with Gasteiger partial charge in [0.2, 0.25) is 0 Å². The fourth-order valence-electron chi connectivity index (χ4n) is 3.12. The summed E-state index contributed by atoms with van der Waals surface area (Å²) in [5.74, 6) is 1.18. The van der Waals surface area contributed by atoms with Crippen LogP contribution in [0, 0.1) is 5.92 Å². The van der Waals surface area contributed by atoms with Gasteiger partial charge in [-0.15, -0.1) is 0 Å². The van der Waals surface area contributed by atoms with Crippen molar-refractivity contribution in [3.63, 3.8) is 0 Å². The first kappa shape index (κ1) is 9.20. The first-order valence-electron chi connectivity index (χ1n) is 5.31. The number of fused-ring (bicyclic) bond motifs is 2. The molecule has 2 rings (SSSR count). The van der Waals surface area contributed by atoms with Crippen molar-refractivity contribution >= 4 is 5.78 Å². The lowest BCUT2D eigenvalue weighted by Crippen LogP contribution is -2.52. The van der Waals surface area contributed by atoms with Crippen molar-refractivity contribution in [3.05, 3.63) is 0 Å². The van der Waals surface area contributed by atoms with Crippen molar-refractivity contribution in [2.45, 2.75) is 44.1 Å². The Balaban J connectivity index is 2.20. The molecule has 2 saturated carbocycles. The largest absolute Gasteiger partial charge is 0.303 e. The minimum atomic E-state index is 0.234.